The van der Waals surface area contributed by atoms with Gasteiger partial charge in [0.1, 0.15) is 17.5 Å². The number of aromatic nitrogens is 2. The molecule has 0 spiro atoms. The van der Waals surface area contributed by atoms with Crippen LogP contribution in [0.15, 0.2) is 30.3 Å². The first-order valence-corrected chi connectivity index (χ1v) is 6.08. The Morgan fingerprint density at radius 2 is 1.84 bits per heavy atom. The SMILES string of the molecule is CCc1ccc(Nc2cc(NC#N)nc(C)n2)cc1. The molecule has 2 aromatic rings. The molecule has 2 rings (SSSR count). The summed E-state index contributed by atoms with van der Waals surface area (Å²) in [5.74, 6) is 1.75. The highest BCUT2D eigenvalue weighted by molar-refractivity contribution is 5.60. The Morgan fingerprint density at radius 3 is 2.47 bits per heavy atom. The van der Waals surface area contributed by atoms with Gasteiger partial charge in [-0.3, -0.25) is 5.32 Å². The van der Waals surface area contributed by atoms with E-state index < -0.39 is 0 Å². The van der Waals surface area contributed by atoms with Gasteiger partial charge < -0.3 is 5.32 Å². The lowest BCUT2D eigenvalue weighted by molar-refractivity contribution is 1.06. The minimum absolute atomic E-state index is 0.489. The van der Waals surface area contributed by atoms with E-state index in [-0.39, 0.29) is 0 Å². The number of nitrogens with one attached hydrogen (secondary N) is 2. The number of aryl methyl sites for hydroxylation is 2. The van der Waals surface area contributed by atoms with Gasteiger partial charge in [0.25, 0.3) is 0 Å². The molecule has 0 fully saturated rings. The van der Waals surface area contributed by atoms with Crippen molar-refractivity contribution in [3.63, 3.8) is 0 Å². The minimum atomic E-state index is 0.489. The van der Waals surface area contributed by atoms with Crippen molar-refractivity contribution in [3.05, 3.63) is 41.7 Å². The van der Waals surface area contributed by atoms with E-state index in [1.807, 2.05) is 18.3 Å². The molecule has 0 radical (unpaired) electrons. The summed E-state index contributed by atoms with van der Waals surface area (Å²) in [6.07, 6.45) is 2.87. The molecule has 0 amide bonds. The first-order valence-electron chi connectivity index (χ1n) is 6.08. The highest BCUT2D eigenvalue weighted by Crippen LogP contribution is 2.18. The molecule has 5 nitrogen and oxygen atoms in total. The van der Waals surface area contributed by atoms with Crippen LogP contribution < -0.4 is 10.6 Å². The van der Waals surface area contributed by atoms with Crippen LogP contribution in [0.1, 0.15) is 18.3 Å². The molecule has 0 aliphatic carbocycles. The summed E-state index contributed by atoms with van der Waals surface area (Å²) < 4.78 is 0. The smallest absolute Gasteiger partial charge is 0.182 e. The maximum absolute atomic E-state index is 8.61. The van der Waals surface area contributed by atoms with E-state index in [2.05, 4.69) is 39.7 Å². The number of hydrogen-bond donors (Lipinski definition) is 2. The topological polar surface area (TPSA) is 73.6 Å². The molecule has 19 heavy (non-hydrogen) atoms. The van der Waals surface area contributed by atoms with Crippen molar-refractivity contribution in [3.8, 4) is 6.19 Å². The van der Waals surface area contributed by atoms with Gasteiger partial charge in [0, 0.05) is 11.8 Å². The quantitative estimate of drug-likeness (QED) is 0.647. The van der Waals surface area contributed by atoms with Crippen LogP contribution in [0.5, 0.6) is 0 Å². The highest BCUT2D eigenvalue weighted by Gasteiger charge is 2.02. The molecule has 96 valence electrons. The lowest BCUT2D eigenvalue weighted by Gasteiger charge is -2.08. The molecular weight excluding hydrogens is 238 g/mol. The van der Waals surface area contributed by atoms with Gasteiger partial charge >= 0.3 is 0 Å². The van der Waals surface area contributed by atoms with Gasteiger partial charge in [0.05, 0.1) is 0 Å². The molecule has 5 heteroatoms. The van der Waals surface area contributed by atoms with Gasteiger partial charge in [-0.2, -0.15) is 5.26 Å². The Morgan fingerprint density at radius 1 is 1.16 bits per heavy atom. The summed E-state index contributed by atoms with van der Waals surface area (Å²) in [6, 6.07) is 9.86. The van der Waals surface area contributed by atoms with Crippen molar-refractivity contribution < 1.29 is 0 Å². The third-order valence-corrected chi connectivity index (χ3v) is 2.66. The maximum Gasteiger partial charge on any atom is 0.182 e. The van der Waals surface area contributed by atoms with Gasteiger partial charge in [-0.15, -0.1) is 0 Å². The predicted molar refractivity (Wildman–Crippen MR) is 75.1 cm³/mol. The molecule has 0 saturated heterocycles. The van der Waals surface area contributed by atoms with Gasteiger partial charge in [0.2, 0.25) is 0 Å². The summed E-state index contributed by atoms with van der Waals surface area (Å²) in [5.41, 5.74) is 2.24. The third kappa shape index (κ3) is 3.42. The first kappa shape index (κ1) is 12.8. The normalized spacial score (nSPS) is 9.74. The second-order valence-electron chi connectivity index (χ2n) is 4.10. The van der Waals surface area contributed by atoms with Crippen LogP contribution in [0.3, 0.4) is 0 Å². The molecular formula is C14H15N5. The van der Waals surface area contributed by atoms with Gasteiger partial charge in [0.15, 0.2) is 6.19 Å². The lowest BCUT2D eigenvalue weighted by Crippen LogP contribution is -2.01. The Balaban J connectivity index is 2.20. The van der Waals surface area contributed by atoms with Crippen LogP contribution >= 0.6 is 0 Å². The van der Waals surface area contributed by atoms with Crippen molar-refractivity contribution in [1.82, 2.24) is 9.97 Å². The Bertz CT molecular complexity index is 598. The van der Waals surface area contributed by atoms with Crippen LogP contribution in [0.25, 0.3) is 0 Å². The van der Waals surface area contributed by atoms with Crippen LogP contribution in [0.4, 0.5) is 17.3 Å². The third-order valence-electron chi connectivity index (χ3n) is 2.66. The number of anilines is 3. The van der Waals surface area contributed by atoms with E-state index in [4.69, 9.17) is 5.26 Å². The number of hydrogen-bond acceptors (Lipinski definition) is 5. The summed E-state index contributed by atoms with van der Waals surface area (Å²) in [6.45, 7) is 3.91. The van der Waals surface area contributed by atoms with E-state index in [0.29, 0.717) is 17.5 Å². The standard InChI is InChI=1S/C14H15N5/c1-3-11-4-6-12(7-5-11)19-14-8-13(16-9-15)17-10(2)18-14/h4-8H,3H2,1-2H3,(H2,16,17,18,19). The largest absolute Gasteiger partial charge is 0.340 e. The molecule has 0 atom stereocenters. The number of rotatable bonds is 4. The molecule has 2 N–H and O–H groups in total. The van der Waals surface area contributed by atoms with Crippen molar-refractivity contribution in [1.29, 1.82) is 5.26 Å². The molecule has 1 heterocycles. The second-order valence-corrected chi connectivity index (χ2v) is 4.10. The van der Waals surface area contributed by atoms with Crippen LogP contribution in [0.2, 0.25) is 0 Å². The number of benzene rings is 1. The monoisotopic (exact) mass is 253 g/mol. The molecule has 0 bridgehead atoms. The zero-order valence-electron chi connectivity index (χ0n) is 10.9. The van der Waals surface area contributed by atoms with Crippen LogP contribution in [0, 0.1) is 18.4 Å². The van der Waals surface area contributed by atoms with Crippen LogP contribution in [-0.2, 0) is 6.42 Å². The first-order chi connectivity index (χ1) is 9.21. The molecule has 0 aliphatic heterocycles. The van der Waals surface area contributed by atoms with Crippen molar-refractivity contribution in [2.75, 3.05) is 10.6 Å². The minimum Gasteiger partial charge on any atom is -0.340 e. The van der Waals surface area contributed by atoms with Gasteiger partial charge in [-0.05, 0) is 31.0 Å². The fraction of sp³-hybridized carbons (Fsp3) is 0.214. The maximum atomic E-state index is 8.61. The van der Waals surface area contributed by atoms with Crippen molar-refractivity contribution >= 4 is 17.3 Å². The van der Waals surface area contributed by atoms with Crippen molar-refractivity contribution in [2.24, 2.45) is 0 Å². The van der Waals surface area contributed by atoms with E-state index in [9.17, 15) is 0 Å². The van der Waals surface area contributed by atoms with Gasteiger partial charge in [-0.25, -0.2) is 9.97 Å². The Labute approximate surface area is 112 Å². The summed E-state index contributed by atoms with van der Waals surface area (Å²) in [5, 5.41) is 14.3. The fourth-order valence-corrected chi connectivity index (χ4v) is 1.72. The summed E-state index contributed by atoms with van der Waals surface area (Å²) in [7, 11) is 0. The average molecular weight is 253 g/mol. The summed E-state index contributed by atoms with van der Waals surface area (Å²) in [4.78, 5) is 8.39. The van der Waals surface area contributed by atoms with Crippen molar-refractivity contribution in [2.45, 2.75) is 20.3 Å². The zero-order valence-corrected chi connectivity index (χ0v) is 10.9. The number of nitrogens with zero attached hydrogens (tertiary/aromatic N) is 3. The predicted octanol–water partition coefficient (Wildman–Crippen LogP) is 2.98. The second kappa shape index (κ2) is 5.83. The number of nitriles is 1. The van der Waals surface area contributed by atoms with Gasteiger partial charge in [-0.1, -0.05) is 19.1 Å². The molecule has 1 aromatic carbocycles. The fourth-order valence-electron chi connectivity index (χ4n) is 1.72. The zero-order chi connectivity index (χ0) is 13.7. The molecule has 1 aromatic heterocycles. The summed E-state index contributed by atoms with van der Waals surface area (Å²) >= 11 is 0. The van der Waals surface area contributed by atoms with Crippen LogP contribution in [-0.4, -0.2) is 9.97 Å². The molecule has 0 saturated carbocycles. The lowest BCUT2D eigenvalue weighted by atomic mass is 10.1. The van der Waals surface area contributed by atoms with E-state index in [1.165, 1.54) is 5.56 Å². The van der Waals surface area contributed by atoms with E-state index in [1.54, 1.807) is 13.0 Å². The molecule has 0 unspecified atom stereocenters. The Kier molecular flexibility index (Phi) is 3.94. The Hall–Kier alpha value is -2.61. The van der Waals surface area contributed by atoms with E-state index in [0.717, 1.165) is 12.1 Å². The average Bonchev–Trinajstić information content (AvgIpc) is 2.39. The highest BCUT2D eigenvalue weighted by atomic mass is 15.1. The molecule has 0 aliphatic rings. The van der Waals surface area contributed by atoms with E-state index >= 15 is 0 Å².